The fourth-order valence-corrected chi connectivity index (χ4v) is 7.47. The van der Waals surface area contributed by atoms with Crippen LogP contribution in [0, 0.1) is 0 Å². The minimum atomic E-state index is -0.762. The van der Waals surface area contributed by atoms with Crippen molar-refractivity contribution in [3.63, 3.8) is 0 Å². The van der Waals surface area contributed by atoms with Crippen LogP contribution in [-0.2, 0) is 19.1 Å². The molecule has 0 aliphatic carbocycles. The van der Waals surface area contributed by atoms with Gasteiger partial charge in [0.05, 0.1) is 6.61 Å². The summed E-state index contributed by atoms with van der Waals surface area (Å²) in [5.41, 5.74) is 0. The molecule has 1 unspecified atom stereocenters. The zero-order chi connectivity index (χ0) is 40.7. The van der Waals surface area contributed by atoms with Crippen LogP contribution in [0.25, 0.3) is 0 Å². The summed E-state index contributed by atoms with van der Waals surface area (Å²) >= 11 is 0. The average Bonchev–Trinajstić information content (AvgIpc) is 3.20. The highest BCUT2D eigenvalue weighted by molar-refractivity contribution is 5.70. The van der Waals surface area contributed by atoms with E-state index < -0.39 is 6.10 Å². The third-order valence-electron chi connectivity index (χ3n) is 11.2. The molecular formula is C51H96O5. The Morgan fingerprint density at radius 2 is 0.714 bits per heavy atom. The third kappa shape index (κ3) is 45.1. The van der Waals surface area contributed by atoms with Crippen molar-refractivity contribution in [1.29, 1.82) is 0 Å². The van der Waals surface area contributed by atoms with Crippen molar-refractivity contribution in [2.45, 2.75) is 277 Å². The Balaban J connectivity index is 3.30. The van der Waals surface area contributed by atoms with Crippen LogP contribution < -0.4 is 0 Å². The van der Waals surface area contributed by atoms with Gasteiger partial charge in [-0.1, -0.05) is 237 Å². The number of rotatable bonds is 46. The lowest BCUT2D eigenvalue weighted by Crippen LogP contribution is -2.28. The van der Waals surface area contributed by atoms with E-state index >= 15 is 0 Å². The minimum Gasteiger partial charge on any atom is -0.462 e. The third-order valence-corrected chi connectivity index (χ3v) is 11.2. The molecule has 0 aromatic rings. The molecule has 56 heavy (non-hydrogen) atoms. The van der Waals surface area contributed by atoms with Gasteiger partial charge in [-0.15, -0.1) is 0 Å². The zero-order valence-corrected chi connectivity index (χ0v) is 37.7. The molecule has 0 amide bonds. The maximum atomic E-state index is 12.1. The molecule has 0 fully saturated rings. The molecule has 0 radical (unpaired) electrons. The van der Waals surface area contributed by atoms with Crippen LogP contribution >= 0.6 is 0 Å². The predicted molar refractivity (Wildman–Crippen MR) is 242 cm³/mol. The number of carbonyl (C=O) groups is 2. The van der Waals surface area contributed by atoms with Gasteiger partial charge in [-0.25, -0.2) is 0 Å². The fraction of sp³-hybridized carbons (Fsp3) is 0.882. The second kappa shape index (κ2) is 47.8. The molecule has 1 N–H and O–H groups in total. The summed E-state index contributed by atoms with van der Waals surface area (Å²) < 4.78 is 10.5. The van der Waals surface area contributed by atoms with Gasteiger partial charge in [0, 0.05) is 12.8 Å². The molecule has 0 bridgehead atoms. The number of hydrogen-bond donors (Lipinski definition) is 1. The van der Waals surface area contributed by atoms with Gasteiger partial charge < -0.3 is 14.6 Å². The first-order chi connectivity index (χ1) is 27.6. The van der Waals surface area contributed by atoms with E-state index in [9.17, 15) is 14.7 Å². The number of allylic oxidation sites excluding steroid dienone is 4. The minimum absolute atomic E-state index is 0.0615. The topological polar surface area (TPSA) is 72.8 Å². The number of ether oxygens (including phenoxy) is 2. The van der Waals surface area contributed by atoms with E-state index in [2.05, 4.69) is 38.2 Å². The van der Waals surface area contributed by atoms with Crippen LogP contribution in [0.5, 0.6) is 0 Å². The number of aliphatic hydroxyl groups is 1. The van der Waals surface area contributed by atoms with Gasteiger partial charge in [-0.05, 0) is 44.9 Å². The summed E-state index contributed by atoms with van der Waals surface area (Å²) in [4.78, 5) is 24.0. The van der Waals surface area contributed by atoms with Gasteiger partial charge in [0.15, 0.2) is 6.10 Å². The molecule has 0 aliphatic rings. The van der Waals surface area contributed by atoms with Crippen molar-refractivity contribution in [1.82, 2.24) is 0 Å². The molecule has 0 heterocycles. The monoisotopic (exact) mass is 789 g/mol. The summed E-state index contributed by atoms with van der Waals surface area (Å²) in [6.45, 7) is 4.06. The normalized spacial score (nSPS) is 12.3. The molecule has 0 aromatic carbocycles. The Hall–Kier alpha value is -1.62. The lowest BCUT2D eigenvalue weighted by atomic mass is 10.0. The Bertz CT molecular complexity index is 851. The number of aliphatic hydroxyl groups excluding tert-OH is 1. The predicted octanol–water partition coefficient (Wildman–Crippen LogP) is 16.2. The van der Waals surface area contributed by atoms with Gasteiger partial charge in [0.2, 0.25) is 0 Å². The molecule has 0 saturated carbocycles. The Labute approximate surface area is 349 Å². The van der Waals surface area contributed by atoms with Crippen molar-refractivity contribution < 1.29 is 24.2 Å². The van der Waals surface area contributed by atoms with E-state index in [4.69, 9.17) is 9.47 Å². The van der Waals surface area contributed by atoms with Gasteiger partial charge in [-0.3, -0.25) is 9.59 Å². The highest BCUT2D eigenvalue weighted by atomic mass is 16.6. The standard InChI is InChI=1S/C51H96O5/c1-3-5-7-9-10-11-12-13-14-15-16-17-18-19-20-21-22-23-24-25-26-27-28-29-30-31-32-33-34-35-36-37-38-39-40-42-44-46-51(54)56-49(47-52)48-55-50(53)45-43-41-8-6-4-2/h12-13,15-16,49,52H,3-11,14,17-48H2,1-2H3/b13-12-,16-15-. The van der Waals surface area contributed by atoms with Crippen LogP contribution in [0.2, 0.25) is 0 Å². The van der Waals surface area contributed by atoms with Gasteiger partial charge >= 0.3 is 11.9 Å². The SMILES string of the molecule is CCCCCCC/C=C\C/C=C\CCCCCCCCCCCCCCCCCCCCCCCCCCCC(=O)OC(CO)COC(=O)CCCCCCC. The smallest absolute Gasteiger partial charge is 0.306 e. The Morgan fingerprint density at radius 3 is 1.05 bits per heavy atom. The average molecular weight is 789 g/mol. The van der Waals surface area contributed by atoms with Crippen LogP contribution in [0.4, 0.5) is 0 Å². The van der Waals surface area contributed by atoms with Crippen molar-refractivity contribution in [2.24, 2.45) is 0 Å². The van der Waals surface area contributed by atoms with E-state index in [0.717, 1.165) is 44.9 Å². The second-order valence-electron chi connectivity index (χ2n) is 16.9. The molecule has 0 aliphatic heterocycles. The summed E-state index contributed by atoms with van der Waals surface area (Å²) in [7, 11) is 0. The van der Waals surface area contributed by atoms with Crippen LogP contribution in [0.1, 0.15) is 271 Å². The molecule has 0 rings (SSSR count). The van der Waals surface area contributed by atoms with E-state index in [-0.39, 0.29) is 25.2 Å². The highest BCUT2D eigenvalue weighted by Gasteiger charge is 2.16. The fourth-order valence-electron chi connectivity index (χ4n) is 7.47. The lowest BCUT2D eigenvalue weighted by Gasteiger charge is -2.15. The quantitative estimate of drug-likeness (QED) is 0.0378. The van der Waals surface area contributed by atoms with Crippen molar-refractivity contribution in [2.75, 3.05) is 13.2 Å². The Morgan fingerprint density at radius 1 is 0.411 bits per heavy atom. The zero-order valence-electron chi connectivity index (χ0n) is 37.7. The number of esters is 2. The highest BCUT2D eigenvalue weighted by Crippen LogP contribution is 2.17. The molecule has 330 valence electrons. The molecule has 5 nitrogen and oxygen atoms in total. The lowest BCUT2D eigenvalue weighted by molar-refractivity contribution is -0.161. The molecular weight excluding hydrogens is 693 g/mol. The maximum absolute atomic E-state index is 12.1. The first-order valence-corrected chi connectivity index (χ1v) is 24.9. The maximum Gasteiger partial charge on any atom is 0.306 e. The summed E-state index contributed by atoms with van der Waals surface area (Å²) in [5.74, 6) is -0.593. The first kappa shape index (κ1) is 54.4. The van der Waals surface area contributed by atoms with Crippen molar-refractivity contribution in [3.05, 3.63) is 24.3 Å². The van der Waals surface area contributed by atoms with E-state index in [0.29, 0.717) is 12.8 Å². The van der Waals surface area contributed by atoms with Gasteiger partial charge in [0.1, 0.15) is 6.61 Å². The van der Waals surface area contributed by atoms with Gasteiger partial charge in [-0.2, -0.15) is 0 Å². The molecule has 5 heteroatoms. The van der Waals surface area contributed by atoms with Crippen LogP contribution in [0.3, 0.4) is 0 Å². The van der Waals surface area contributed by atoms with Crippen LogP contribution in [0.15, 0.2) is 24.3 Å². The van der Waals surface area contributed by atoms with Crippen molar-refractivity contribution >= 4 is 11.9 Å². The molecule has 0 aromatic heterocycles. The van der Waals surface area contributed by atoms with E-state index in [1.54, 1.807) is 0 Å². The molecule has 1 atom stereocenters. The van der Waals surface area contributed by atoms with Gasteiger partial charge in [0.25, 0.3) is 0 Å². The Kier molecular flexibility index (Phi) is 46.4. The number of carbonyl (C=O) groups excluding carboxylic acids is 2. The summed E-state index contributed by atoms with van der Waals surface area (Å²) in [5, 5.41) is 9.49. The van der Waals surface area contributed by atoms with Crippen LogP contribution in [-0.4, -0.2) is 36.4 Å². The second-order valence-corrected chi connectivity index (χ2v) is 16.9. The van der Waals surface area contributed by atoms with E-state index in [1.165, 1.54) is 199 Å². The number of unbranched alkanes of at least 4 members (excludes halogenated alkanes) is 34. The van der Waals surface area contributed by atoms with Crippen molar-refractivity contribution in [3.8, 4) is 0 Å². The van der Waals surface area contributed by atoms with E-state index in [1.807, 2.05) is 0 Å². The summed E-state index contributed by atoms with van der Waals surface area (Å²) in [6, 6.07) is 0. The summed E-state index contributed by atoms with van der Waals surface area (Å²) in [6.07, 6.45) is 59.2. The number of hydrogen-bond acceptors (Lipinski definition) is 5. The molecule has 0 spiro atoms. The molecule has 0 saturated heterocycles. The largest absolute Gasteiger partial charge is 0.462 e. The first-order valence-electron chi connectivity index (χ1n) is 24.9.